The molecule has 106 valence electrons. The Hall–Kier alpha value is -2.69. The molecule has 2 heterocycles. The number of hydrogen-bond donors (Lipinski definition) is 1. The van der Waals surface area contributed by atoms with Crippen molar-refractivity contribution in [1.82, 2.24) is 15.0 Å². The zero-order valence-corrected chi connectivity index (χ0v) is 12.1. The summed E-state index contributed by atoms with van der Waals surface area (Å²) in [6, 6.07) is 9.85. The number of benzene rings is 1. The van der Waals surface area contributed by atoms with Gasteiger partial charge in [-0.15, -0.1) is 0 Å². The number of anilines is 2. The van der Waals surface area contributed by atoms with E-state index in [1.54, 1.807) is 12.4 Å². The van der Waals surface area contributed by atoms with Gasteiger partial charge >= 0.3 is 0 Å². The first-order chi connectivity index (χ1) is 10.2. The normalized spacial score (nSPS) is 10.6. The van der Waals surface area contributed by atoms with Gasteiger partial charge in [-0.25, -0.2) is 4.98 Å². The summed E-state index contributed by atoms with van der Waals surface area (Å²) in [6.45, 7) is 0.615. The Labute approximate surface area is 123 Å². The molecule has 2 aromatic heterocycles. The first-order valence-electron chi connectivity index (χ1n) is 6.80. The number of fused-ring (bicyclic) bond motifs is 1. The van der Waals surface area contributed by atoms with Crippen molar-refractivity contribution in [3.63, 3.8) is 0 Å². The molecule has 21 heavy (non-hydrogen) atoms. The van der Waals surface area contributed by atoms with Crippen LogP contribution in [0.2, 0.25) is 0 Å². The Morgan fingerprint density at radius 3 is 2.67 bits per heavy atom. The SMILES string of the molecule is CN(C)c1ccncc1NCc1cnc2ccccc2n1. The maximum absolute atomic E-state index is 4.61. The van der Waals surface area contributed by atoms with Gasteiger partial charge in [-0.1, -0.05) is 12.1 Å². The standard InChI is InChI=1S/C16H17N5/c1-21(2)16-7-8-17-11-15(16)19-10-12-9-18-13-5-3-4-6-14(13)20-12/h3-9,11,19H,10H2,1-2H3. The Bertz CT molecular complexity index is 754. The maximum Gasteiger partial charge on any atom is 0.0890 e. The van der Waals surface area contributed by atoms with Gasteiger partial charge in [0, 0.05) is 20.3 Å². The van der Waals surface area contributed by atoms with E-state index in [4.69, 9.17) is 0 Å². The molecule has 0 bridgehead atoms. The molecule has 3 rings (SSSR count). The monoisotopic (exact) mass is 279 g/mol. The molecule has 1 aromatic carbocycles. The lowest BCUT2D eigenvalue weighted by atomic mass is 10.3. The zero-order chi connectivity index (χ0) is 14.7. The van der Waals surface area contributed by atoms with Gasteiger partial charge < -0.3 is 10.2 Å². The van der Waals surface area contributed by atoms with Crippen LogP contribution < -0.4 is 10.2 Å². The van der Waals surface area contributed by atoms with Crippen LogP contribution in [-0.4, -0.2) is 29.0 Å². The Kier molecular flexibility index (Phi) is 3.64. The first kappa shape index (κ1) is 13.3. The van der Waals surface area contributed by atoms with E-state index in [1.807, 2.05) is 50.6 Å². The van der Waals surface area contributed by atoms with Crippen molar-refractivity contribution in [2.75, 3.05) is 24.3 Å². The molecule has 0 spiro atoms. The molecule has 0 fully saturated rings. The highest BCUT2D eigenvalue weighted by molar-refractivity contribution is 5.73. The van der Waals surface area contributed by atoms with Gasteiger partial charge in [-0.2, -0.15) is 0 Å². The maximum atomic E-state index is 4.61. The number of aromatic nitrogens is 3. The summed E-state index contributed by atoms with van der Waals surface area (Å²) < 4.78 is 0. The van der Waals surface area contributed by atoms with Crippen LogP contribution >= 0.6 is 0 Å². The van der Waals surface area contributed by atoms with E-state index in [0.717, 1.165) is 28.1 Å². The number of pyridine rings is 1. The Morgan fingerprint density at radius 1 is 1.05 bits per heavy atom. The van der Waals surface area contributed by atoms with E-state index in [2.05, 4.69) is 25.2 Å². The summed E-state index contributed by atoms with van der Waals surface area (Å²) >= 11 is 0. The number of hydrogen-bond acceptors (Lipinski definition) is 5. The molecule has 1 N–H and O–H groups in total. The van der Waals surface area contributed by atoms with E-state index < -0.39 is 0 Å². The molecule has 0 amide bonds. The van der Waals surface area contributed by atoms with Crippen LogP contribution in [0.25, 0.3) is 11.0 Å². The third-order valence-electron chi connectivity index (χ3n) is 3.24. The molecular formula is C16H17N5. The molecule has 0 atom stereocenters. The summed E-state index contributed by atoms with van der Waals surface area (Å²) in [5.41, 5.74) is 4.81. The van der Waals surface area contributed by atoms with E-state index in [-0.39, 0.29) is 0 Å². The molecule has 5 heteroatoms. The molecule has 0 aliphatic heterocycles. The molecule has 0 aliphatic carbocycles. The van der Waals surface area contributed by atoms with Crippen LogP contribution in [-0.2, 0) is 6.54 Å². The zero-order valence-electron chi connectivity index (χ0n) is 12.1. The average molecular weight is 279 g/mol. The topological polar surface area (TPSA) is 53.9 Å². The van der Waals surface area contributed by atoms with Crippen molar-refractivity contribution in [1.29, 1.82) is 0 Å². The van der Waals surface area contributed by atoms with Crippen molar-refractivity contribution in [2.45, 2.75) is 6.54 Å². The molecule has 0 aliphatic rings. The van der Waals surface area contributed by atoms with Crippen molar-refractivity contribution in [3.05, 3.63) is 54.6 Å². The summed E-state index contributed by atoms with van der Waals surface area (Å²) in [5, 5.41) is 3.37. The van der Waals surface area contributed by atoms with Crippen LogP contribution in [0.15, 0.2) is 48.9 Å². The second-order valence-corrected chi connectivity index (χ2v) is 4.99. The average Bonchev–Trinajstić information content (AvgIpc) is 2.53. The van der Waals surface area contributed by atoms with Crippen molar-refractivity contribution in [2.24, 2.45) is 0 Å². The van der Waals surface area contributed by atoms with E-state index in [1.165, 1.54) is 0 Å². The number of para-hydroxylation sites is 2. The first-order valence-corrected chi connectivity index (χ1v) is 6.80. The summed E-state index contributed by atoms with van der Waals surface area (Å²) in [5.74, 6) is 0. The van der Waals surface area contributed by atoms with Gasteiger partial charge in [0.2, 0.25) is 0 Å². The quantitative estimate of drug-likeness (QED) is 0.795. The van der Waals surface area contributed by atoms with E-state index in [0.29, 0.717) is 6.54 Å². The third-order valence-corrected chi connectivity index (χ3v) is 3.24. The number of nitrogens with zero attached hydrogens (tertiary/aromatic N) is 4. The van der Waals surface area contributed by atoms with Crippen LogP contribution in [0.5, 0.6) is 0 Å². The van der Waals surface area contributed by atoms with Crippen LogP contribution in [0.3, 0.4) is 0 Å². The fourth-order valence-corrected chi connectivity index (χ4v) is 2.18. The van der Waals surface area contributed by atoms with Crippen LogP contribution in [0.1, 0.15) is 5.69 Å². The second kappa shape index (κ2) is 5.75. The Morgan fingerprint density at radius 2 is 1.86 bits per heavy atom. The summed E-state index contributed by atoms with van der Waals surface area (Å²) in [7, 11) is 4.02. The fraction of sp³-hybridized carbons (Fsp3) is 0.188. The molecule has 0 unspecified atom stereocenters. The van der Waals surface area contributed by atoms with Crippen molar-refractivity contribution in [3.8, 4) is 0 Å². The fourth-order valence-electron chi connectivity index (χ4n) is 2.18. The van der Waals surface area contributed by atoms with Gasteiger partial charge in [-0.05, 0) is 18.2 Å². The minimum absolute atomic E-state index is 0.615. The highest BCUT2D eigenvalue weighted by atomic mass is 15.1. The van der Waals surface area contributed by atoms with E-state index in [9.17, 15) is 0 Å². The highest BCUT2D eigenvalue weighted by Crippen LogP contribution is 2.22. The van der Waals surface area contributed by atoms with Gasteiger partial charge in [-0.3, -0.25) is 9.97 Å². The van der Waals surface area contributed by atoms with Gasteiger partial charge in [0.25, 0.3) is 0 Å². The van der Waals surface area contributed by atoms with Gasteiger partial charge in [0.05, 0.1) is 47.0 Å². The summed E-state index contributed by atoms with van der Waals surface area (Å²) in [6.07, 6.45) is 5.42. The lowest BCUT2D eigenvalue weighted by Crippen LogP contribution is -2.12. The van der Waals surface area contributed by atoms with Crippen molar-refractivity contribution < 1.29 is 0 Å². The predicted molar refractivity (Wildman–Crippen MR) is 85.4 cm³/mol. The lowest BCUT2D eigenvalue weighted by molar-refractivity contribution is 1.03. The molecule has 3 aromatic rings. The molecule has 5 nitrogen and oxygen atoms in total. The van der Waals surface area contributed by atoms with E-state index >= 15 is 0 Å². The molecule has 0 saturated carbocycles. The lowest BCUT2D eigenvalue weighted by Gasteiger charge is -2.17. The number of rotatable bonds is 4. The molecule has 0 radical (unpaired) electrons. The van der Waals surface area contributed by atoms with Crippen LogP contribution in [0.4, 0.5) is 11.4 Å². The summed E-state index contributed by atoms with van der Waals surface area (Å²) in [4.78, 5) is 15.2. The minimum atomic E-state index is 0.615. The molecule has 0 saturated heterocycles. The van der Waals surface area contributed by atoms with Gasteiger partial charge in [0.1, 0.15) is 0 Å². The minimum Gasteiger partial charge on any atom is -0.376 e. The Balaban J connectivity index is 1.80. The number of nitrogens with one attached hydrogen (secondary N) is 1. The highest BCUT2D eigenvalue weighted by Gasteiger charge is 2.05. The smallest absolute Gasteiger partial charge is 0.0890 e. The second-order valence-electron chi connectivity index (χ2n) is 4.99. The van der Waals surface area contributed by atoms with Crippen LogP contribution in [0, 0.1) is 0 Å². The third kappa shape index (κ3) is 2.91. The molecular weight excluding hydrogens is 262 g/mol. The predicted octanol–water partition coefficient (Wildman–Crippen LogP) is 2.70. The largest absolute Gasteiger partial charge is 0.376 e. The van der Waals surface area contributed by atoms with Crippen molar-refractivity contribution >= 4 is 22.4 Å². The van der Waals surface area contributed by atoms with Gasteiger partial charge in [0.15, 0.2) is 0 Å².